The number of nitrogens with one attached hydrogen (secondary N) is 1. The van der Waals surface area contributed by atoms with Gasteiger partial charge in [-0.25, -0.2) is 0 Å². The van der Waals surface area contributed by atoms with E-state index in [9.17, 15) is 19.8 Å². The zero-order valence-corrected chi connectivity index (χ0v) is 18.3. The minimum Gasteiger partial charge on any atom is -0.504 e. The standard InChI is InChI=1S/C23H30N2O7/c1-25-10-9-22-18-12-3-5-15(26)19(18)32-20(22)13(7-8-23(22,31-2)16(25)11-12)24-14(21(29)30)4-6-17(27)28/h3,5,13-14,16,20,24,26H,4,6-11H2,1-2H3,(H,27,28)(H,29,30)/t13-,14+,16?,20+,22+,23-/m1/s1. The summed E-state index contributed by atoms with van der Waals surface area (Å²) < 4.78 is 12.8. The van der Waals surface area contributed by atoms with Crippen molar-refractivity contribution in [2.75, 3.05) is 20.7 Å². The van der Waals surface area contributed by atoms with Crippen LogP contribution in [0.4, 0.5) is 0 Å². The lowest BCUT2D eigenvalue weighted by atomic mass is 9.48. The number of phenols is 1. The number of aromatic hydroxyl groups is 1. The normalized spacial score (nSPS) is 35.6. The largest absolute Gasteiger partial charge is 0.504 e. The summed E-state index contributed by atoms with van der Waals surface area (Å²) in [6.07, 6.45) is 2.27. The Morgan fingerprint density at radius 2 is 2.12 bits per heavy atom. The summed E-state index contributed by atoms with van der Waals surface area (Å²) in [6, 6.07) is 2.49. The molecule has 9 heteroatoms. The number of likely N-dealkylation sites (tertiary alicyclic amines) is 1. The molecule has 2 aliphatic heterocycles. The molecule has 2 bridgehead atoms. The molecule has 2 aliphatic carbocycles. The summed E-state index contributed by atoms with van der Waals surface area (Å²) in [4.78, 5) is 25.3. The number of hydrogen-bond donors (Lipinski definition) is 4. The second kappa shape index (κ2) is 7.33. The van der Waals surface area contributed by atoms with E-state index in [0.717, 1.165) is 36.9 Å². The van der Waals surface area contributed by atoms with Crippen molar-refractivity contribution in [3.05, 3.63) is 23.3 Å². The quantitative estimate of drug-likeness (QED) is 0.487. The van der Waals surface area contributed by atoms with E-state index in [2.05, 4.69) is 17.3 Å². The first-order valence-electron chi connectivity index (χ1n) is 11.2. The van der Waals surface area contributed by atoms with Crippen molar-refractivity contribution in [2.45, 2.75) is 73.8 Å². The number of phenolic OH excluding ortho intramolecular Hbond substituents is 1. The number of rotatable bonds is 7. The molecule has 2 fully saturated rings. The Balaban J connectivity index is 1.59. The maximum absolute atomic E-state index is 11.9. The van der Waals surface area contributed by atoms with Crippen LogP contribution in [0.2, 0.25) is 0 Å². The summed E-state index contributed by atoms with van der Waals surface area (Å²) in [6.45, 7) is 0.846. The molecule has 2 heterocycles. The fraction of sp³-hybridized carbons (Fsp3) is 0.652. The van der Waals surface area contributed by atoms with Crippen LogP contribution in [0.5, 0.6) is 11.5 Å². The van der Waals surface area contributed by atoms with E-state index in [0.29, 0.717) is 12.2 Å². The maximum Gasteiger partial charge on any atom is 0.320 e. The van der Waals surface area contributed by atoms with Crippen LogP contribution >= 0.6 is 0 Å². The smallest absolute Gasteiger partial charge is 0.320 e. The lowest BCUT2D eigenvalue weighted by Crippen LogP contribution is -2.78. The number of nitrogens with zero attached hydrogens (tertiary/aromatic N) is 1. The van der Waals surface area contributed by atoms with Crippen molar-refractivity contribution in [1.82, 2.24) is 10.2 Å². The molecule has 1 aromatic rings. The van der Waals surface area contributed by atoms with Gasteiger partial charge in [0.1, 0.15) is 12.1 Å². The summed E-state index contributed by atoms with van der Waals surface area (Å²) in [5.41, 5.74) is 1.14. The fourth-order valence-corrected chi connectivity index (χ4v) is 7.11. The molecule has 1 spiro atoms. The maximum atomic E-state index is 11.9. The minimum absolute atomic E-state index is 0.00881. The molecular formula is C23H30N2O7. The summed E-state index contributed by atoms with van der Waals surface area (Å²) in [5.74, 6) is -1.52. The first kappa shape index (κ1) is 21.5. The van der Waals surface area contributed by atoms with E-state index in [1.165, 1.54) is 0 Å². The highest BCUT2D eigenvalue weighted by Crippen LogP contribution is 2.66. The topological polar surface area (TPSA) is 129 Å². The number of likely N-dealkylation sites (N-methyl/N-ethyl adjacent to an activating group) is 1. The number of hydrogen-bond acceptors (Lipinski definition) is 7. The van der Waals surface area contributed by atoms with Crippen molar-refractivity contribution in [1.29, 1.82) is 0 Å². The van der Waals surface area contributed by atoms with Crippen LogP contribution in [0.3, 0.4) is 0 Å². The van der Waals surface area contributed by atoms with Gasteiger partial charge in [-0.05, 0) is 57.3 Å². The lowest BCUT2D eigenvalue weighted by Gasteiger charge is -2.65. The molecule has 1 saturated heterocycles. The van der Waals surface area contributed by atoms with Gasteiger partial charge in [0.15, 0.2) is 11.5 Å². The number of piperidine rings is 1. The summed E-state index contributed by atoms with van der Waals surface area (Å²) in [5, 5.41) is 32.6. The van der Waals surface area contributed by atoms with E-state index in [-0.39, 0.29) is 30.7 Å². The Labute approximate surface area is 186 Å². The molecule has 0 radical (unpaired) electrons. The van der Waals surface area contributed by atoms with Crippen LogP contribution in [0.25, 0.3) is 0 Å². The molecule has 0 amide bonds. The molecule has 1 unspecified atom stereocenters. The molecule has 4 N–H and O–H groups in total. The number of carbonyl (C=O) groups is 2. The van der Waals surface area contributed by atoms with Gasteiger partial charge in [0.05, 0.1) is 11.0 Å². The first-order chi connectivity index (χ1) is 15.2. The van der Waals surface area contributed by atoms with Crippen LogP contribution in [0, 0.1) is 0 Å². The number of carboxylic acids is 2. The molecule has 32 heavy (non-hydrogen) atoms. The SMILES string of the molecule is CO[C@@]12CC[C@@H](N[C@@H](CCC(=O)O)C(=O)O)[C@@H]3Oc4c(O)ccc5c4[C@@]31CCN(C)C2C5. The van der Waals surface area contributed by atoms with Gasteiger partial charge in [0, 0.05) is 31.2 Å². The van der Waals surface area contributed by atoms with Crippen LogP contribution in [0.1, 0.15) is 43.2 Å². The van der Waals surface area contributed by atoms with Gasteiger partial charge in [-0.3, -0.25) is 14.9 Å². The third kappa shape index (κ3) is 2.67. The third-order valence-corrected chi connectivity index (χ3v) is 8.41. The Hall–Kier alpha value is -2.36. The van der Waals surface area contributed by atoms with Gasteiger partial charge in [-0.2, -0.15) is 0 Å². The van der Waals surface area contributed by atoms with Crippen molar-refractivity contribution >= 4 is 11.9 Å². The van der Waals surface area contributed by atoms with E-state index < -0.39 is 35.1 Å². The summed E-state index contributed by atoms with van der Waals surface area (Å²) >= 11 is 0. The first-order valence-corrected chi connectivity index (χ1v) is 11.2. The molecule has 5 rings (SSSR count). The van der Waals surface area contributed by atoms with Crippen molar-refractivity contribution in [3.63, 3.8) is 0 Å². The van der Waals surface area contributed by atoms with Crippen molar-refractivity contribution in [2.24, 2.45) is 0 Å². The van der Waals surface area contributed by atoms with E-state index >= 15 is 0 Å². The number of aliphatic carboxylic acids is 2. The van der Waals surface area contributed by atoms with Crippen LogP contribution < -0.4 is 10.1 Å². The lowest BCUT2D eigenvalue weighted by molar-refractivity contribution is -0.204. The molecule has 174 valence electrons. The van der Waals surface area contributed by atoms with Crippen LogP contribution in [-0.2, 0) is 26.2 Å². The van der Waals surface area contributed by atoms with Gasteiger partial charge < -0.3 is 29.7 Å². The summed E-state index contributed by atoms with van der Waals surface area (Å²) in [7, 11) is 3.86. The zero-order chi connectivity index (χ0) is 22.8. The monoisotopic (exact) mass is 446 g/mol. The molecule has 1 aromatic carbocycles. The Bertz CT molecular complexity index is 968. The highest BCUT2D eigenvalue weighted by atomic mass is 16.5. The molecule has 4 aliphatic rings. The second-order valence-electron chi connectivity index (χ2n) is 9.64. The van der Waals surface area contributed by atoms with Crippen LogP contribution in [-0.4, -0.2) is 82.7 Å². The van der Waals surface area contributed by atoms with Gasteiger partial charge in [-0.15, -0.1) is 0 Å². The van der Waals surface area contributed by atoms with Gasteiger partial charge in [-0.1, -0.05) is 6.07 Å². The highest BCUT2D eigenvalue weighted by Gasteiger charge is 2.73. The Morgan fingerprint density at radius 1 is 1.34 bits per heavy atom. The third-order valence-electron chi connectivity index (χ3n) is 8.41. The average molecular weight is 447 g/mol. The Kier molecular flexibility index (Phi) is 4.92. The van der Waals surface area contributed by atoms with Gasteiger partial charge in [0.25, 0.3) is 0 Å². The number of carboxylic acid groups (broad SMARTS) is 2. The molecule has 0 aromatic heterocycles. The predicted molar refractivity (Wildman–Crippen MR) is 113 cm³/mol. The molecule has 1 saturated carbocycles. The Morgan fingerprint density at radius 3 is 2.81 bits per heavy atom. The minimum atomic E-state index is -1.07. The fourth-order valence-electron chi connectivity index (χ4n) is 7.11. The van der Waals surface area contributed by atoms with Crippen LogP contribution in [0.15, 0.2) is 12.1 Å². The van der Waals surface area contributed by atoms with Gasteiger partial charge >= 0.3 is 11.9 Å². The van der Waals surface area contributed by atoms with E-state index in [1.807, 2.05) is 6.07 Å². The van der Waals surface area contributed by atoms with Crippen molar-refractivity contribution < 1.29 is 34.4 Å². The molecule has 6 atom stereocenters. The van der Waals surface area contributed by atoms with Gasteiger partial charge in [0.2, 0.25) is 0 Å². The zero-order valence-electron chi connectivity index (χ0n) is 18.3. The highest BCUT2D eigenvalue weighted by molar-refractivity contribution is 5.75. The van der Waals surface area contributed by atoms with Crippen molar-refractivity contribution in [3.8, 4) is 11.5 Å². The number of benzene rings is 1. The number of ether oxygens (including phenoxy) is 2. The second-order valence-corrected chi connectivity index (χ2v) is 9.64. The average Bonchev–Trinajstić information content (AvgIpc) is 3.11. The van der Waals surface area contributed by atoms with E-state index in [4.69, 9.17) is 14.6 Å². The van der Waals surface area contributed by atoms with E-state index in [1.54, 1.807) is 13.2 Å². The molecule has 9 nitrogen and oxygen atoms in total. The predicted octanol–water partition coefficient (Wildman–Crippen LogP) is 1.11. The molecular weight excluding hydrogens is 416 g/mol. The number of methoxy groups -OCH3 is 1.